The molecule has 0 aliphatic rings. The van der Waals surface area contributed by atoms with Crippen molar-refractivity contribution in [1.82, 2.24) is 9.97 Å². The van der Waals surface area contributed by atoms with Gasteiger partial charge in [-0.25, -0.2) is 9.97 Å². The van der Waals surface area contributed by atoms with Crippen molar-refractivity contribution in [2.24, 2.45) is 0 Å². The van der Waals surface area contributed by atoms with Gasteiger partial charge in [-0.05, 0) is 40.9 Å². The smallest absolute Gasteiger partial charge is 0.163 e. The zero-order valence-corrected chi connectivity index (χ0v) is 13.9. The number of nitrogens with zero attached hydrogens (tertiary/aromatic N) is 2. The molecule has 0 bridgehead atoms. The molecule has 0 saturated heterocycles. The molecule has 0 fully saturated rings. The van der Waals surface area contributed by atoms with Gasteiger partial charge >= 0.3 is 0 Å². The summed E-state index contributed by atoms with van der Waals surface area (Å²) in [5.74, 6) is 1.49. The second-order valence-corrected chi connectivity index (χ2v) is 5.62. The second kappa shape index (κ2) is 7.04. The van der Waals surface area contributed by atoms with E-state index in [1.165, 1.54) is 0 Å². The standard InChI is InChI=1S/C15H17BrClN3/c1-3-9-18-15-13(16)12(4-2)19-14(20-15)10-7-5-6-8-11(10)17/h5-8H,3-4,9H2,1-2H3,(H,18,19,20). The largest absolute Gasteiger partial charge is 0.369 e. The first-order valence-corrected chi connectivity index (χ1v) is 7.89. The Morgan fingerprint density at radius 1 is 1.20 bits per heavy atom. The summed E-state index contributed by atoms with van der Waals surface area (Å²) in [6.07, 6.45) is 1.88. The summed E-state index contributed by atoms with van der Waals surface area (Å²) in [5, 5.41) is 3.99. The Morgan fingerprint density at radius 3 is 2.60 bits per heavy atom. The number of nitrogens with one attached hydrogen (secondary N) is 1. The van der Waals surface area contributed by atoms with Crippen LogP contribution in [0.15, 0.2) is 28.7 Å². The summed E-state index contributed by atoms with van der Waals surface area (Å²) >= 11 is 9.82. The molecule has 1 aromatic heterocycles. The van der Waals surface area contributed by atoms with Crippen molar-refractivity contribution in [2.75, 3.05) is 11.9 Å². The molecule has 0 unspecified atom stereocenters. The molecular weight excluding hydrogens is 338 g/mol. The zero-order valence-electron chi connectivity index (χ0n) is 11.6. The van der Waals surface area contributed by atoms with Crippen LogP contribution in [-0.4, -0.2) is 16.5 Å². The average Bonchev–Trinajstić information content (AvgIpc) is 2.47. The fraction of sp³-hybridized carbons (Fsp3) is 0.333. The maximum Gasteiger partial charge on any atom is 0.163 e. The number of rotatable bonds is 5. The van der Waals surface area contributed by atoms with Crippen LogP contribution in [-0.2, 0) is 6.42 Å². The SMILES string of the molecule is CCCNc1nc(-c2ccccc2Cl)nc(CC)c1Br. The van der Waals surface area contributed by atoms with Crippen molar-refractivity contribution in [3.8, 4) is 11.4 Å². The van der Waals surface area contributed by atoms with Crippen LogP contribution >= 0.6 is 27.5 Å². The van der Waals surface area contributed by atoms with Crippen LogP contribution in [0.3, 0.4) is 0 Å². The summed E-state index contributed by atoms with van der Waals surface area (Å²) < 4.78 is 0.934. The highest BCUT2D eigenvalue weighted by Gasteiger charge is 2.13. The maximum absolute atomic E-state index is 6.24. The van der Waals surface area contributed by atoms with Gasteiger partial charge < -0.3 is 5.32 Å². The number of aryl methyl sites for hydroxylation is 1. The number of benzene rings is 1. The van der Waals surface area contributed by atoms with Gasteiger partial charge in [0, 0.05) is 12.1 Å². The molecule has 1 aromatic carbocycles. The van der Waals surface area contributed by atoms with Crippen LogP contribution in [0.5, 0.6) is 0 Å². The van der Waals surface area contributed by atoms with Gasteiger partial charge in [-0.15, -0.1) is 0 Å². The van der Waals surface area contributed by atoms with E-state index in [0.717, 1.165) is 40.9 Å². The van der Waals surface area contributed by atoms with Gasteiger partial charge in [0.15, 0.2) is 5.82 Å². The van der Waals surface area contributed by atoms with Crippen molar-refractivity contribution in [3.63, 3.8) is 0 Å². The van der Waals surface area contributed by atoms with Gasteiger partial charge in [-0.3, -0.25) is 0 Å². The normalized spacial score (nSPS) is 10.6. The average molecular weight is 355 g/mol. The van der Waals surface area contributed by atoms with Gasteiger partial charge in [0.25, 0.3) is 0 Å². The van der Waals surface area contributed by atoms with Crippen molar-refractivity contribution in [3.05, 3.63) is 39.5 Å². The molecule has 3 nitrogen and oxygen atoms in total. The van der Waals surface area contributed by atoms with Crippen molar-refractivity contribution in [1.29, 1.82) is 0 Å². The lowest BCUT2D eigenvalue weighted by atomic mass is 10.2. The molecule has 2 aromatic rings. The highest BCUT2D eigenvalue weighted by Crippen LogP contribution is 2.30. The summed E-state index contributed by atoms with van der Waals surface area (Å²) in [7, 11) is 0. The first-order valence-electron chi connectivity index (χ1n) is 6.72. The Hall–Kier alpha value is -1.13. The summed E-state index contributed by atoms with van der Waals surface area (Å²) in [4.78, 5) is 9.20. The quantitative estimate of drug-likeness (QED) is 0.826. The molecule has 5 heteroatoms. The molecule has 0 saturated carbocycles. The number of hydrogen-bond donors (Lipinski definition) is 1. The molecule has 106 valence electrons. The molecule has 0 aliphatic heterocycles. The molecule has 1 N–H and O–H groups in total. The Bertz CT molecular complexity index is 602. The summed E-state index contributed by atoms with van der Waals surface area (Å²) in [6, 6.07) is 7.64. The molecular formula is C15H17BrClN3. The van der Waals surface area contributed by atoms with Crippen LogP contribution in [0.1, 0.15) is 26.0 Å². The molecule has 20 heavy (non-hydrogen) atoms. The van der Waals surface area contributed by atoms with Gasteiger partial charge in [-0.1, -0.05) is 37.6 Å². The van der Waals surface area contributed by atoms with Crippen LogP contribution in [0.25, 0.3) is 11.4 Å². The topological polar surface area (TPSA) is 37.8 Å². The van der Waals surface area contributed by atoms with E-state index in [1.807, 2.05) is 24.3 Å². The predicted molar refractivity (Wildman–Crippen MR) is 88.3 cm³/mol. The molecule has 2 rings (SSSR count). The highest BCUT2D eigenvalue weighted by molar-refractivity contribution is 9.10. The van der Waals surface area contributed by atoms with E-state index in [4.69, 9.17) is 11.6 Å². The lowest BCUT2D eigenvalue weighted by Crippen LogP contribution is -2.07. The molecule has 0 spiro atoms. The molecule has 0 radical (unpaired) electrons. The van der Waals surface area contributed by atoms with Gasteiger partial charge in [0.2, 0.25) is 0 Å². The minimum absolute atomic E-state index is 0.661. The van der Waals surface area contributed by atoms with Crippen molar-refractivity contribution in [2.45, 2.75) is 26.7 Å². The first-order chi connectivity index (χ1) is 9.67. The van der Waals surface area contributed by atoms with E-state index in [1.54, 1.807) is 0 Å². The highest BCUT2D eigenvalue weighted by atomic mass is 79.9. The number of aromatic nitrogens is 2. The molecule has 1 heterocycles. The van der Waals surface area contributed by atoms with E-state index in [9.17, 15) is 0 Å². The van der Waals surface area contributed by atoms with Gasteiger partial charge in [0.1, 0.15) is 5.82 Å². The number of hydrogen-bond acceptors (Lipinski definition) is 3. The number of anilines is 1. The van der Waals surface area contributed by atoms with Crippen LogP contribution < -0.4 is 5.32 Å². The monoisotopic (exact) mass is 353 g/mol. The van der Waals surface area contributed by atoms with Crippen LogP contribution in [0, 0.1) is 0 Å². The third kappa shape index (κ3) is 3.30. The fourth-order valence-corrected chi connectivity index (χ4v) is 2.67. The Kier molecular flexibility index (Phi) is 5.38. The Balaban J connectivity index is 2.51. The van der Waals surface area contributed by atoms with Crippen LogP contribution in [0.4, 0.5) is 5.82 Å². The summed E-state index contributed by atoms with van der Waals surface area (Å²) in [5.41, 5.74) is 1.84. The zero-order chi connectivity index (χ0) is 14.5. The molecule has 0 atom stereocenters. The third-order valence-corrected chi connectivity index (χ3v) is 4.07. The maximum atomic E-state index is 6.24. The van der Waals surface area contributed by atoms with E-state index in [-0.39, 0.29) is 0 Å². The minimum Gasteiger partial charge on any atom is -0.369 e. The fourth-order valence-electron chi connectivity index (χ4n) is 1.85. The molecule has 0 aliphatic carbocycles. The second-order valence-electron chi connectivity index (χ2n) is 4.42. The van der Waals surface area contributed by atoms with E-state index >= 15 is 0 Å². The predicted octanol–water partition coefficient (Wildman–Crippen LogP) is 4.94. The van der Waals surface area contributed by atoms with E-state index in [0.29, 0.717) is 10.8 Å². The number of halogens is 2. The van der Waals surface area contributed by atoms with Gasteiger partial charge in [0.05, 0.1) is 15.2 Å². The lowest BCUT2D eigenvalue weighted by molar-refractivity contribution is 0.944. The third-order valence-electron chi connectivity index (χ3n) is 2.91. The Morgan fingerprint density at radius 2 is 1.95 bits per heavy atom. The van der Waals surface area contributed by atoms with Crippen LogP contribution in [0.2, 0.25) is 5.02 Å². The van der Waals surface area contributed by atoms with Crippen molar-refractivity contribution < 1.29 is 0 Å². The lowest BCUT2D eigenvalue weighted by Gasteiger charge is -2.12. The summed E-state index contributed by atoms with van der Waals surface area (Å²) in [6.45, 7) is 5.08. The van der Waals surface area contributed by atoms with Gasteiger partial charge in [-0.2, -0.15) is 0 Å². The van der Waals surface area contributed by atoms with Crippen molar-refractivity contribution >= 4 is 33.3 Å². The van der Waals surface area contributed by atoms with E-state index in [2.05, 4.69) is 45.1 Å². The van der Waals surface area contributed by atoms with E-state index < -0.39 is 0 Å². The first kappa shape index (κ1) is 15.3. The minimum atomic E-state index is 0.661. The Labute approximate surface area is 132 Å². The molecule has 0 amide bonds.